The fraction of sp³-hybridized carbons (Fsp3) is 0.522. The largest absolute Gasteiger partial charge is 0.396 e. The number of para-hydroxylation sites is 1. The Morgan fingerprint density at radius 3 is 2.70 bits per heavy atom. The van der Waals surface area contributed by atoms with Crippen molar-refractivity contribution in [2.75, 3.05) is 20.2 Å². The molecule has 10 nitrogen and oxygen atoms in total. The number of nitrogens with zero attached hydrogens (tertiary/aromatic N) is 4. The molecule has 3 amide bonds. The summed E-state index contributed by atoms with van der Waals surface area (Å²) in [7, 11) is 1.57. The molecular formula is C23H30N6O4. The highest BCUT2D eigenvalue weighted by Gasteiger charge is 2.56. The van der Waals surface area contributed by atoms with Crippen LogP contribution in [0.15, 0.2) is 36.4 Å². The van der Waals surface area contributed by atoms with Gasteiger partial charge in [0.2, 0.25) is 17.7 Å². The van der Waals surface area contributed by atoms with Gasteiger partial charge in [-0.3, -0.25) is 14.4 Å². The summed E-state index contributed by atoms with van der Waals surface area (Å²) in [5.41, 5.74) is 1.51. The fourth-order valence-corrected chi connectivity index (χ4v) is 5.18. The lowest BCUT2D eigenvalue weighted by Gasteiger charge is -2.33. The van der Waals surface area contributed by atoms with Crippen molar-refractivity contribution in [2.24, 2.45) is 23.7 Å². The molecule has 2 heterocycles. The molecule has 1 aromatic carbocycles. The highest BCUT2D eigenvalue weighted by Crippen LogP contribution is 2.44. The van der Waals surface area contributed by atoms with Gasteiger partial charge in [-0.2, -0.15) is 0 Å². The second-order valence-electron chi connectivity index (χ2n) is 8.53. The number of aliphatic hydroxyl groups is 1. The summed E-state index contributed by atoms with van der Waals surface area (Å²) in [5.74, 6) is -2.35. The number of carbonyl (C=O) groups is 3. The Balaban J connectivity index is 1.60. The molecule has 33 heavy (non-hydrogen) atoms. The average Bonchev–Trinajstić information content (AvgIpc) is 3.38. The van der Waals surface area contributed by atoms with Crippen LogP contribution in [-0.4, -0.2) is 69.0 Å². The summed E-state index contributed by atoms with van der Waals surface area (Å²) in [6.45, 7) is 2.25. The summed E-state index contributed by atoms with van der Waals surface area (Å²) in [6, 6.07) is 6.69. The highest BCUT2D eigenvalue weighted by atomic mass is 16.3. The van der Waals surface area contributed by atoms with Crippen molar-refractivity contribution in [3.8, 4) is 0 Å². The zero-order valence-corrected chi connectivity index (χ0v) is 18.8. The van der Waals surface area contributed by atoms with E-state index in [-0.39, 0.29) is 43.5 Å². The van der Waals surface area contributed by atoms with Gasteiger partial charge in [0.1, 0.15) is 18.2 Å². The first kappa shape index (κ1) is 22.9. The third kappa shape index (κ3) is 4.10. The number of hydrogen-bond donors (Lipinski definition) is 3. The van der Waals surface area contributed by atoms with E-state index in [0.717, 1.165) is 17.5 Å². The van der Waals surface area contributed by atoms with Gasteiger partial charge in [0.15, 0.2) is 0 Å². The van der Waals surface area contributed by atoms with Gasteiger partial charge in [-0.05, 0) is 30.9 Å². The first-order valence-electron chi connectivity index (χ1n) is 11.4. The molecule has 1 aromatic heterocycles. The first-order valence-corrected chi connectivity index (χ1v) is 11.4. The number of hydrogen-bond acceptors (Lipinski definition) is 6. The van der Waals surface area contributed by atoms with E-state index in [9.17, 15) is 19.5 Å². The molecule has 1 fully saturated rings. The second kappa shape index (κ2) is 9.70. The van der Waals surface area contributed by atoms with E-state index in [2.05, 4.69) is 20.9 Å². The predicted octanol–water partition coefficient (Wildman–Crippen LogP) is 0.289. The molecule has 1 aliphatic heterocycles. The number of fused-ring (bicyclic) bond motifs is 2. The van der Waals surface area contributed by atoms with E-state index >= 15 is 0 Å². The smallest absolute Gasteiger partial charge is 0.244 e. The molecule has 0 radical (unpaired) electrons. The maximum absolute atomic E-state index is 13.5. The molecule has 1 aliphatic carbocycles. The fourth-order valence-electron chi connectivity index (χ4n) is 5.18. The van der Waals surface area contributed by atoms with Crippen molar-refractivity contribution in [1.82, 2.24) is 30.5 Å². The Morgan fingerprint density at radius 1 is 1.18 bits per heavy atom. The molecule has 5 atom stereocenters. The van der Waals surface area contributed by atoms with Crippen molar-refractivity contribution in [1.29, 1.82) is 0 Å². The predicted molar refractivity (Wildman–Crippen MR) is 120 cm³/mol. The lowest BCUT2D eigenvalue weighted by atomic mass is 9.69. The maximum Gasteiger partial charge on any atom is 0.244 e. The number of aliphatic hydroxyl groups excluding tert-OH is 1. The molecule has 0 unspecified atom stereocenters. The summed E-state index contributed by atoms with van der Waals surface area (Å²) < 4.78 is 1.59. The van der Waals surface area contributed by atoms with Gasteiger partial charge in [-0.1, -0.05) is 36.4 Å². The Morgan fingerprint density at radius 2 is 1.97 bits per heavy atom. The molecule has 176 valence electrons. The van der Waals surface area contributed by atoms with Crippen molar-refractivity contribution in [3.63, 3.8) is 0 Å². The molecule has 1 saturated heterocycles. The quantitative estimate of drug-likeness (QED) is 0.492. The first-order chi connectivity index (χ1) is 16.0. The van der Waals surface area contributed by atoms with Gasteiger partial charge in [0.05, 0.1) is 17.4 Å². The molecular weight excluding hydrogens is 424 g/mol. The molecule has 0 spiro atoms. The number of rotatable bonds is 8. The van der Waals surface area contributed by atoms with E-state index in [1.54, 1.807) is 11.7 Å². The van der Waals surface area contributed by atoms with Gasteiger partial charge >= 0.3 is 0 Å². The van der Waals surface area contributed by atoms with E-state index < -0.39 is 23.8 Å². The summed E-state index contributed by atoms with van der Waals surface area (Å²) in [5, 5.41) is 23.1. The average molecular weight is 455 g/mol. The summed E-state index contributed by atoms with van der Waals surface area (Å²) >= 11 is 0. The number of benzene rings is 1. The summed E-state index contributed by atoms with van der Waals surface area (Å²) in [6.07, 6.45) is 4.96. The number of aromatic nitrogens is 3. The standard InChI is InChI=1S/C23H30N6O4/c1-3-14-9-10-15-19(18(14)21(31)24-2)23(33)28(11-6-12-30)20(15)22(32)25-13-29-17-8-5-4-7-16(17)26-27-29/h4-5,7-10,14-15,18-20,30H,3,6,11-13H2,1-2H3,(H,24,31)(H,25,32)/t14-,15+,18-,19-,20+/m1/s1. The van der Waals surface area contributed by atoms with Crippen molar-refractivity contribution >= 4 is 28.8 Å². The molecule has 4 rings (SSSR count). The van der Waals surface area contributed by atoms with Crippen LogP contribution < -0.4 is 10.6 Å². The Hall–Kier alpha value is -3.27. The monoisotopic (exact) mass is 454 g/mol. The van der Waals surface area contributed by atoms with Gasteiger partial charge < -0.3 is 20.6 Å². The molecule has 10 heteroatoms. The molecule has 2 aromatic rings. The van der Waals surface area contributed by atoms with E-state index in [4.69, 9.17) is 0 Å². The van der Waals surface area contributed by atoms with Crippen LogP contribution in [-0.2, 0) is 21.1 Å². The van der Waals surface area contributed by atoms with Crippen LogP contribution in [0, 0.1) is 23.7 Å². The molecule has 0 bridgehead atoms. The van der Waals surface area contributed by atoms with Crippen LogP contribution in [0.25, 0.3) is 11.0 Å². The third-order valence-corrected chi connectivity index (χ3v) is 6.78. The van der Waals surface area contributed by atoms with Gasteiger partial charge in [0.25, 0.3) is 0 Å². The lowest BCUT2D eigenvalue weighted by molar-refractivity contribution is -0.141. The Bertz CT molecular complexity index is 1070. The van der Waals surface area contributed by atoms with Gasteiger partial charge in [-0.25, -0.2) is 4.68 Å². The Kier molecular flexibility index (Phi) is 6.73. The van der Waals surface area contributed by atoms with Crippen molar-refractivity contribution < 1.29 is 19.5 Å². The topological polar surface area (TPSA) is 129 Å². The normalized spacial score (nSPS) is 26.5. The minimum atomic E-state index is -0.759. The van der Waals surface area contributed by atoms with Crippen molar-refractivity contribution in [2.45, 2.75) is 32.5 Å². The summed E-state index contributed by atoms with van der Waals surface area (Å²) in [4.78, 5) is 41.1. The molecule has 2 aliphatic rings. The van der Waals surface area contributed by atoms with E-state index in [0.29, 0.717) is 6.42 Å². The van der Waals surface area contributed by atoms with Crippen LogP contribution in [0.1, 0.15) is 19.8 Å². The maximum atomic E-state index is 13.5. The number of carbonyl (C=O) groups excluding carboxylic acids is 3. The second-order valence-corrected chi connectivity index (χ2v) is 8.53. The van der Waals surface area contributed by atoms with Gasteiger partial charge in [-0.15, -0.1) is 5.10 Å². The zero-order chi connectivity index (χ0) is 23.5. The number of likely N-dealkylation sites (tertiary alicyclic amines) is 1. The van der Waals surface area contributed by atoms with Gasteiger partial charge in [0, 0.05) is 26.1 Å². The SMILES string of the molecule is CC[C@@H]1C=C[C@H]2[C@@H](C(=O)N(CCCO)[C@@H]2C(=O)NCn2nnc3ccccc32)[C@@H]1C(=O)NC. The van der Waals surface area contributed by atoms with Crippen LogP contribution in [0.5, 0.6) is 0 Å². The molecule has 0 saturated carbocycles. The number of nitrogens with one attached hydrogen (secondary N) is 2. The molecule has 3 N–H and O–H groups in total. The number of amides is 3. The van der Waals surface area contributed by atoms with E-state index in [1.165, 1.54) is 4.90 Å². The van der Waals surface area contributed by atoms with Crippen LogP contribution in [0.3, 0.4) is 0 Å². The third-order valence-electron chi connectivity index (χ3n) is 6.78. The van der Waals surface area contributed by atoms with Crippen molar-refractivity contribution in [3.05, 3.63) is 36.4 Å². The zero-order valence-electron chi connectivity index (χ0n) is 18.8. The highest BCUT2D eigenvalue weighted by molar-refractivity contribution is 5.96. The minimum Gasteiger partial charge on any atom is -0.396 e. The van der Waals surface area contributed by atoms with Crippen LogP contribution in [0.2, 0.25) is 0 Å². The van der Waals surface area contributed by atoms with Crippen LogP contribution >= 0.6 is 0 Å². The lowest BCUT2D eigenvalue weighted by Crippen LogP contribution is -2.48. The van der Waals surface area contributed by atoms with Crippen LogP contribution in [0.4, 0.5) is 0 Å². The Labute approximate surface area is 192 Å². The van der Waals surface area contributed by atoms with E-state index in [1.807, 2.05) is 43.3 Å². The minimum absolute atomic E-state index is 0.0711. The number of allylic oxidation sites excluding steroid dienone is 1.